The molecule has 1 amide bonds. The predicted molar refractivity (Wildman–Crippen MR) is 117 cm³/mol. The fourth-order valence-corrected chi connectivity index (χ4v) is 6.02. The SMILES string of the molecule is Cc1cc2c(cc1F)C1(N3CN(C)C(=O)c4c(O)c(=O)ccn43)c3ccccc3CC1C2. The number of benzene rings is 2. The van der Waals surface area contributed by atoms with Crippen molar-refractivity contribution >= 4 is 5.91 Å². The lowest BCUT2D eigenvalue weighted by Crippen LogP contribution is -2.62. The van der Waals surface area contributed by atoms with Gasteiger partial charge in [-0.3, -0.25) is 19.3 Å². The maximum absolute atomic E-state index is 14.9. The van der Waals surface area contributed by atoms with Crippen molar-refractivity contribution in [1.82, 2.24) is 9.58 Å². The van der Waals surface area contributed by atoms with Gasteiger partial charge in [-0.1, -0.05) is 30.3 Å². The molecule has 3 aromatic rings. The standard InChI is InChI=1S/C25H22FN3O3/c1-14-9-16-11-17-10-15-5-3-4-6-18(15)25(17,19(16)12-20(14)26)29-13-27(2)24(32)22-23(31)21(30)7-8-28(22)29/h3-9,12,17,31H,10-11,13H2,1-2H3. The molecule has 6 rings (SSSR count). The van der Waals surface area contributed by atoms with Gasteiger partial charge in [0, 0.05) is 25.2 Å². The number of aromatic nitrogens is 1. The van der Waals surface area contributed by atoms with Crippen molar-refractivity contribution in [3.63, 3.8) is 0 Å². The van der Waals surface area contributed by atoms with Crippen molar-refractivity contribution in [2.75, 3.05) is 18.7 Å². The van der Waals surface area contributed by atoms with Crippen LogP contribution < -0.4 is 10.4 Å². The van der Waals surface area contributed by atoms with Gasteiger partial charge in [0.1, 0.15) is 18.0 Å². The fraction of sp³-hybridized carbons (Fsp3) is 0.280. The second-order valence-electron chi connectivity index (χ2n) is 9.05. The third-order valence-corrected chi connectivity index (χ3v) is 7.36. The van der Waals surface area contributed by atoms with Crippen LogP contribution in [0.2, 0.25) is 0 Å². The highest BCUT2D eigenvalue weighted by Crippen LogP contribution is 2.56. The third-order valence-electron chi connectivity index (χ3n) is 7.36. The number of nitrogens with zero attached hydrogens (tertiary/aromatic N) is 3. The largest absolute Gasteiger partial charge is 0.502 e. The molecule has 0 saturated heterocycles. The van der Waals surface area contributed by atoms with E-state index in [9.17, 15) is 19.1 Å². The molecule has 7 heteroatoms. The predicted octanol–water partition coefficient (Wildman–Crippen LogP) is 2.65. The van der Waals surface area contributed by atoms with Crippen LogP contribution in [-0.4, -0.2) is 34.3 Å². The van der Waals surface area contributed by atoms with E-state index >= 15 is 0 Å². The van der Waals surface area contributed by atoms with Crippen LogP contribution in [-0.2, 0) is 18.4 Å². The fourth-order valence-electron chi connectivity index (χ4n) is 6.02. The van der Waals surface area contributed by atoms with Gasteiger partial charge >= 0.3 is 0 Å². The zero-order valence-electron chi connectivity index (χ0n) is 17.8. The van der Waals surface area contributed by atoms with Gasteiger partial charge in [0.2, 0.25) is 5.43 Å². The molecular formula is C25H22FN3O3. The molecule has 0 spiro atoms. The van der Waals surface area contributed by atoms with E-state index in [4.69, 9.17) is 0 Å². The first-order valence-corrected chi connectivity index (χ1v) is 10.7. The van der Waals surface area contributed by atoms with Crippen LogP contribution in [0.3, 0.4) is 0 Å². The van der Waals surface area contributed by atoms with E-state index < -0.39 is 22.6 Å². The van der Waals surface area contributed by atoms with E-state index in [0.29, 0.717) is 5.56 Å². The molecule has 0 bridgehead atoms. The van der Waals surface area contributed by atoms with Gasteiger partial charge in [-0.15, -0.1) is 0 Å². The van der Waals surface area contributed by atoms with E-state index in [1.165, 1.54) is 22.7 Å². The summed E-state index contributed by atoms with van der Waals surface area (Å²) in [6, 6.07) is 13.0. The van der Waals surface area contributed by atoms with E-state index in [1.54, 1.807) is 24.7 Å². The third kappa shape index (κ3) is 2.18. The number of halogens is 1. The maximum atomic E-state index is 14.9. The summed E-state index contributed by atoms with van der Waals surface area (Å²) < 4.78 is 16.5. The number of carbonyl (C=O) groups is 1. The van der Waals surface area contributed by atoms with Gasteiger partial charge in [0.15, 0.2) is 11.4 Å². The molecule has 2 aromatic carbocycles. The smallest absolute Gasteiger partial charge is 0.277 e. The molecule has 32 heavy (non-hydrogen) atoms. The highest BCUT2D eigenvalue weighted by Gasteiger charge is 2.58. The lowest BCUT2D eigenvalue weighted by atomic mass is 9.81. The molecule has 2 atom stereocenters. The van der Waals surface area contributed by atoms with Crippen molar-refractivity contribution < 1.29 is 14.3 Å². The van der Waals surface area contributed by atoms with Gasteiger partial charge in [-0.05, 0) is 53.6 Å². The molecule has 162 valence electrons. The molecule has 2 aliphatic carbocycles. The van der Waals surface area contributed by atoms with Crippen LogP contribution in [0, 0.1) is 18.7 Å². The van der Waals surface area contributed by atoms with Gasteiger partial charge in [-0.2, -0.15) is 0 Å². The number of amides is 1. The van der Waals surface area contributed by atoms with Gasteiger partial charge < -0.3 is 10.0 Å². The summed E-state index contributed by atoms with van der Waals surface area (Å²) in [6.07, 6.45) is 3.14. The molecule has 2 unspecified atom stereocenters. The summed E-state index contributed by atoms with van der Waals surface area (Å²) in [5.41, 5.74) is 3.44. The van der Waals surface area contributed by atoms with Crippen molar-refractivity contribution in [3.8, 4) is 5.75 Å². The average Bonchev–Trinajstić information content (AvgIpc) is 3.24. The first-order chi connectivity index (χ1) is 15.3. The number of fused-ring (bicyclic) bond motifs is 6. The molecular weight excluding hydrogens is 409 g/mol. The Morgan fingerprint density at radius 3 is 2.62 bits per heavy atom. The van der Waals surface area contributed by atoms with Crippen molar-refractivity contribution in [1.29, 1.82) is 0 Å². The number of aromatic hydroxyl groups is 1. The van der Waals surface area contributed by atoms with Gasteiger partial charge in [-0.25, -0.2) is 4.39 Å². The highest BCUT2D eigenvalue weighted by molar-refractivity contribution is 5.96. The van der Waals surface area contributed by atoms with E-state index in [1.807, 2.05) is 23.2 Å². The zero-order valence-corrected chi connectivity index (χ0v) is 17.8. The van der Waals surface area contributed by atoms with Crippen LogP contribution in [0.15, 0.2) is 53.5 Å². The summed E-state index contributed by atoms with van der Waals surface area (Å²) in [5.74, 6) is -1.14. The lowest BCUT2D eigenvalue weighted by Gasteiger charge is -2.50. The molecule has 1 aromatic heterocycles. The first kappa shape index (κ1) is 19.1. The van der Waals surface area contributed by atoms with Crippen LogP contribution in [0.25, 0.3) is 0 Å². The molecule has 0 radical (unpaired) electrons. The van der Waals surface area contributed by atoms with E-state index in [0.717, 1.165) is 29.5 Å². The van der Waals surface area contributed by atoms with Crippen LogP contribution in [0.5, 0.6) is 5.75 Å². The van der Waals surface area contributed by atoms with Gasteiger partial charge in [0.25, 0.3) is 5.91 Å². The Labute approximate surface area is 184 Å². The summed E-state index contributed by atoms with van der Waals surface area (Å²) in [7, 11) is 1.65. The second kappa shape index (κ2) is 6.22. The molecule has 3 aliphatic rings. The van der Waals surface area contributed by atoms with Crippen LogP contribution >= 0.6 is 0 Å². The second-order valence-corrected chi connectivity index (χ2v) is 9.05. The van der Waals surface area contributed by atoms with Crippen molar-refractivity contribution in [2.24, 2.45) is 5.92 Å². The monoisotopic (exact) mass is 431 g/mol. The van der Waals surface area contributed by atoms with E-state index in [2.05, 4.69) is 12.1 Å². The molecule has 0 fully saturated rings. The first-order valence-electron chi connectivity index (χ1n) is 10.7. The quantitative estimate of drug-likeness (QED) is 0.644. The summed E-state index contributed by atoms with van der Waals surface area (Å²) >= 11 is 0. The zero-order chi connectivity index (χ0) is 22.4. The van der Waals surface area contributed by atoms with Crippen LogP contribution in [0.1, 0.15) is 38.3 Å². The maximum Gasteiger partial charge on any atom is 0.277 e. The van der Waals surface area contributed by atoms with Crippen LogP contribution in [0.4, 0.5) is 4.39 Å². The summed E-state index contributed by atoms with van der Waals surface area (Å²) in [5, 5.41) is 12.5. The normalized spacial score (nSPS) is 23.1. The lowest BCUT2D eigenvalue weighted by molar-refractivity contribution is 0.0697. The number of pyridine rings is 1. The number of carbonyl (C=O) groups excluding carboxylic acids is 1. The Kier molecular flexibility index (Phi) is 3.71. The molecule has 6 nitrogen and oxygen atoms in total. The Balaban J connectivity index is 1.71. The minimum atomic E-state index is -0.730. The summed E-state index contributed by atoms with van der Waals surface area (Å²) in [6.45, 7) is 2.00. The van der Waals surface area contributed by atoms with Crippen molar-refractivity contribution in [2.45, 2.75) is 25.3 Å². The molecule has 2 heterocycles. The number of aryl methyl sites for hydroxylation is 1. The Hall–Kier alpha value is -3.61. The Bertz CT molecular complexity index is 1380. The minimum Gasteiger partial charge on any atom is -0.502 e. The minimum absolute atomic E-state index is 0.0650. The molecule has 0 saturated carbocycles. The average molecular weight is 431 g/mol. The molecule has 1 N–H and O–H groups in total. The number of hydrogen-bond donors (Lipinski definition) is 1. The van der Waals surface area contributed by atoms with Gasteiger partial charge in [0.05, 0.1) is 0 Å². The number of hydrogen-bond acceptors (Lipinski definition) is 4. The highest BCUT2D eigenvalue weighted by atomic mass is 19.1. The topological polar surface area (TPSA) is 65.8 Å². The van der Waals surface area contributed by atoms with Crippen molar-refractivity contribution in [3.05, 3.63) is 98.2 Å². The van der Waals surface area contributed by atoms with E-state index in [-0.39, 0.29) is 24.1 Å². The number of rotatable bonds is 1. The Morgan fingerprint density at radius 1 is 1.06 bits per heavy atom. The Morgan fingerprint density at radius 2 is 1.81 bits per heavy atom. The molecule has 1 aliphatic heterocycles. The summed E-state index contributed by atoms with van der Waals surface area (Å²) in [4.78, 5) is 26.6.